The average molecular weight is 416 g/mol. The van der Waals surface area contributed by atoms with Crippen molar-refractivity contribution in [2.24, 2.45) is 12.0 Å². The third-order valence-corrected chi connectivity index (χ3v) is 5.35. The monoisotopic (exact) mass is 415 g/mol. The first-order valence-corrected chi connectivity index (χ1v) is 10.00. The van der Waals surface area contributed by atoms with Gasteiger partial charge in [0, 0.05) is 32.4 Å². The highest BCUT2D eigenvalue weighted by atomic mass is 35.5. The first-order valence-electron chi connectivity index (χ1n) is 8.36. The van der Waals surface area contributed by atoms with Crippen LogP contribution in [0.15, 0.2) is 28.6 Å². The molecular formula is C17H23Cl2N5OS. The lowest BCUT2D eigenvalue weighted by Gasteiger charge is -2.11. The minimum Gasteiger partial charge on any atom is -0.357 e. The van der Waals surface area contributed by atoms with Crippen molar-refractivity contribution in [1.29, 1.82) is 0 Å². The third-order valence-electron chi connectivity index (χ3n) is 3.64. The number of hydrogen-bond acceptors (Lipinski definition) is 3. The summed E-state index contributed by atoms with van der Waals surface area (Å²) in [6.45, 7) is 4.54. The lowest BCUT2D eigenvalue weighted by atomic mass is 10.4. The summed E-state index contributed by atoms with van der Waals surface area (Å²) in [7, 11) is 1.86. The molecule has 0 aromatic carbocycles. The van der Waals surface area contributed by atoms with Crippen molar-refractivity contribution in [3.63, 3.8) is 0 Å². The van der Waals surface area contributed by atoms with Gasteiger partial charge in [-0.05, 0) is 30.9 Å². The standard InChI is InChI=1S/C17H23Cl2N5OS/c1-3-20-17(23-11-12-10-13(18)15(19)24(12)2)22-8-5-7-21-16(25)14-6-4-9-26-14/h4,6,9-10H,3,5,7-8,11H2,1-2H3,(H,21,25)(H2,20,22,23). The van der Waals surface area contributed by atoms with Crippen molar-refractivity contribution in [1.82, 2.24) is 20.5 Å². The van der Waals surface area contributed by atoms with Gasteiger partial charge >= 0.3 is 0 Å². The second kappa shape index (κ2) is 10.4. The Bertz CT molecular complexity index is 743. The fourth-order valence-electron chi connectivity index (χ4n) is 2.23. The van der Waals surface area contributed by atoms with E-state index < -0.39 is 0 Å². The molecule has 142 valence electrons. The number of carbonyl (C=O) groups excluding carboxylic acids is 1. The summed E-state index contributed by atoms with van der Waals surface area (Å²) in [5.74, 6) is 0.684. The van der Waals surface area contributed by atoms with Gasteiger partial charge in [0.1, 0.15) is 5.15 Å². The molecule has 0 aliphatic carbocycles. The number of aliphatic imine (C=N–C) groups is 1. The fraction of sp³-hybridized carbons (Fsp3) is 0.412. The van der Waals surface area contributed by atoms with E-state index >= 15 is 0 Å². The summed E-state index contributed by atoms with van der Waals surface area (Å²) in [6, 6.07) is 5.50. The van der Waals surface area contributed by atoms with Crippen molar-refractivity contribution in [2.45, 2.75) is 19.9 Å². The minimum atomic E-state index is -0.0296. The number of amides is 1. The maximum atomic E-state index is 11.8. The molecule has 0 aliphatic rings. The number of guanidine groups is 1. The van der Waals surface area contributed by atoms with Gasteiger partial charge in [0.05, 0.1) is 16.4 Å². The SMILES string of the molecule is CCNC(=NCc1cc(Cl)c(Cl)n1C)NCCCNC(=O)c1cccs1. The van der Waals surface area contributed by atoms with E-state index in [0.717, 1.165) is 23.5 Å². The molecule has 2 rings (SSSR count). The van der Waals surface area contributed by atoms with Crippen LogP contribution in [0.1, 0.15) is 28.7 Å². The highest BCUT2D eigenvalue weighted by Gasteiger charge is 2.09. The Morgan fingerprint density at radius 2 is 2.04 bits per heavy atom. The van der Waals surface area contributed by atoms with E-state index in [2.05, 4.69) is 20.9 Å². The molecule has 1 amide bonds. The molecule has 0 saturated carbocycles. The molecule has 0 unspecified atom stereocenters. The highest BCUT2D eigenvalue weighted by molar-refractivity contribution is 7.12. The zero-order valence-electron chi connectivity index (χ0n) is 14.8. The predicted molar refractivity (Wildman–Crippen MR) is 110 cm³/mol. The molecule has 3 N–H and O–H groups in total. The molecule has 0 saturated heterocycles. The first kappa shape index (κ1) is 20.6. The molecule has 0 aliphatic heterocycles. The summed E-state index contributed by atoms with van der Waals surface area (Å²) in [6.07, 6.45) is 0.795. The maximum Gasteiger partial charge on any atom is 0.261 e. The lowest BCUT2D eigenvalue weighted by Crippen LogP contribution is -2.38. The van der Waals surface area contributed by atoms with Crippen LogP contribution in [0.4, 0.5) is 0 Å². The van der Waals surface area contributed by atoms with Gasteiger partial charge in [0.25, 0.3) is 5.91 Å². The van der Waals surface area contributed by atoms with Gasteiger partial charge in [0.15, 0.2) is 5.96 Å². The van der Waals surface area contributed by atoms with Gasteiger partial charge in [-0.2, -0.15) is 0 Å². The van der Waals surface area contributed by atoms with Gasteiger partial charge in [-0.1, -0.05) is 29.3 Å². The van der Waals surface area contributed by atoms with Crippen LogP contribution in [0.2, 0.25) is 10.2 Å². The second-order valence-corrected chi connectivity index (χ2v) is 7.26. The maximum absolute atomic E-state index is 11.8. The molecule has 9 heteroatoms. The number of thiophene rings is 1. The highest BCUT2D eigenvalue weighted by Crippen LogP contribution is 2.25. The van der Waals surface area contributed by atoms with Crippen LogP contribution in [0, 0.1) is 0 Å². The molecule has 2 aromatic rings. The van der Waals surface area contributed by atoms with Gasteiger partial charge in [-0.3, -0.25) is 4.79 Å². The topological polar surface area (TPSA) is 70.5 Å². The zero-order chi connectivity index (χ0) is 18.9. The van der Waals surface area contributed by atoms with Crippen LogP contribution in [-0.4, -0.2) is 36.1 Å². The first-order chi connectivity index (χ1) is 12.5. The van der Waals surface area contributed by atoms with Crippen molar-refractivity contribution in [2.75, 3.05) is 19.6 Å². The molecule has 0 bridgehead atoms. The molecule has 0 fully saturated rings. The third kappa shape index (κ3) is 5.93. The van der Waals surface area contributed by atoms with Crippen LogP contribution < -0.4 is 16.0 Å². The van der Waals surface area contributed by atoms with E-state index in [4.69, 9.17) is 23.2 Å². The normalized spacial score (nSPS) is 11.5. The van der Waals surface area contributed by atoms with Crippen molar-refractivity contribution in [3.05, 3.63) is 44.3 Å². The van der Waals surface area contributed by atoms with Crippen molar-refractivity contribution in [3.8, 4) is 0 Å². The summed E-state index contributed by atoms with van der Waals surface area (Å²) in [5.41, 5.74) is 0.931. The van der Waals surface area contributed by atoms with Crippen molar-refractivity contribution >= 4 is 46.4 Å². The second-order valence-electron chi connectivity index (χ2n) is 5.54. The molecular weight excluding hydrogens is 393 g/mol. The summed E-state index contributed by atoms with van der Waals surface area (Å²) >= 11 is 13.5. The number of carbonyl (C=O) groups is 1. The summed E-state index contributed by atoms with van der Waals surface area (Å²) in [5, 5.41) is 12.3. The average Bonchev–Trinajstić information content (AvgIpc) is 3.24. The van der Waals surface area contributed by atoms with E-state index in [1.54, 1.807) is 0 Å². The molecule has 26 heavy (non-hydrogen) atoms. The largest absolute Gasteiger partial charge is 0.357 e. The van der Waals surface area contributed by atoms with E-state index in [-0.39, 0.29) is 5.91 Å². The Hall–Kier alpha value is -1.70. The van der Waals surface area contributed by atoms with Crippen LogP contribution in [0.25, 0.3) is 0 Å². The van der Waals surface area contributed by atoms with Crippen LogP contribution in [0.3, 0.4) is 0 Å². The number of rotatable bonds is 8. The molecule has 2 aromatic heterocycles. The van der Waals surface area contributed by atoms with Crippen LogP contribution >= 0.6 is 34.5 Å². The Balaban J connectivity index is 1.76. The smallest absolute Gasteiger partial charge is 0.261 e. The zero-order valence-corrected chi connectivity index (χ0v) is 17.1. The van der Waals surface area contributed by atoms with Crippen LogP contribution in [-0.2, 0) is 13.6 Å². The Morgan fingerprint density at radius 3 is 2.65 bits per heavy atom. The lowest BCUT2D eigenvalue weighted by molar-refractivity contribution is 0.0957. The number of nitrogens with zero attached hydrogens (tertiary/aromatic N) is 2. The van der Waals surface area contributed by atoms with Gasteiger partial charge in [-0.25, -0.2) is 4.99 Å². The number of aromatic nitrogens is 1. The molecule has 6 nitrogen and oxygen atoms in total. The Labute approximate surface area is 167 Å². The van der Waals surface area contributed by atoms with E-state index in [1.807, 2.05) is 42.1 Å². The number of nitrogens with one attached hydrogen (secondary N) is 3. The van der Waals surface area contributed by atoms with E-state index in [9.17, 15) is 4.79 Å². The quantitative estimate of drug-likeness (QED) is 0.352. The van der Waals surface area contributed by atoms with Crippen LogP contribution in [0.5, 0.6) is 0 Å². The Kier molecular flexibility index (Phi) is 8.28. The van der Waals surface area contributed by atoms with E-state index in [1.165, 1.54) is 11.3 Å². The minimum absolute atomic E-state index is 0.0296. The molecule has 0 atom stereocenters. The molecule has 2 heterocycles. The van der Waals surface area contributed by atoms with Gasteiger partial charge in [0.2, 0.25) is 0 Å². The predicted octanol–water partition coefficient (Wildman–Crippen LogP) is 3.27. The summed E-state index contributed by atoms with van der Waals surface area (Å²) < 4.78 is 1.82. The molecule has 0 spiro atoms. The van der Waals surface area contributed by atoms with Gasteiger partial charge < -0.3 is 20.5 Å². The van der Waals surface area contributed by atoms with E-state index in [0.29, 0.717) is 35.8 Å². The Morgan fingerprint density at radius 1 is 1.27 bits per heavy atom. The summed E-state index contributed by atoms with van der Waals surface area (Å²) in [4.78, 5) is 17.1. The van der Waals surface area contributed by atoms with Gasteiger partial charge in [-0.15, -0.1) is 11.3 Å². The van der Waals surface area contributed by atoms with Crippen molar-refractivity contribution < 1.29 is 4.79 Å². The molecule has 0 radical (unpaired) electrons. The number of hydrogen-bond donors (Lipinski definition) is 3. The fourth-order valence-corrected chi connectivity index (χ4v) is 3.29. The number of halogens is 2.